The van der Waals surface area contributed by atoms with E-state index in [0.717, 1.165) is 30.5 Å². The minimum atomic E-state index is 0.0575. The van der Waals surface area contributed by atoms with Crippen LogP contribution in [0.25, 0.3) is 11.0 Å². The molecule has 0 spiro atoms. The van der Waals surface area contributed by atoms with Crippen molar-refractivity contribution in [2.75, 3.05) is 0 Å². The zero-order valence-corrected chi connectivity index (χ0v) is 11.6. The molecule has 1 unspecified atom stereocenters. The number of nitrogens with two attached hydrogens (primary N) is 1. The van der Waals surface area contributed by atoms with Crippen LogP contribution in [-0.2, 0) is 19.5 Å². The van der Waals surface area contributed by atoms with Crippen LogP contribution in [-0.4, -0.2) is 25.4 Å². The van der Waals surface area contributed by atoms with Gasteiger partial charge in [-0.05, 0) is 31.0 Å². The molecule has 3 rings (SSSR count). The van der Waals surface area contributed by atoms with Crippen molar-refractivity contribution >= 4 is 11.0 Å². The summed E-state index contributed by atoms with van der Waals surface area (Å²) >= 11 is 0. The highest BCUT2D eigenvalue weighted by atomic mass is 15.3. The summed E-state index contributed by atoms with van der Waals surface area (Å²) in [5, 5.41) is 4.28. The van der Waals surface area contributed by atoms with E-state index in [0.29, 0.717) is 0 Å². The largest absolute Gasteiger partial charge is 0.329 e. The fourth-order valence-corrected chi connectivity index (χ4v) is 2.46. The number of para-hydroxylation sites is 2. The molecule has 20 heavy (non-hydrogen) atoms. The Kier molecular flexibility index (Phi) is 3.52. The lowest BCUT2D eigenvalue weighted by Crippen LogP contribution is -2.28. The van der Waals surface area contributed by atoms with Crippen molar-refractivity contribution in [1.29, 1.82) is 0 Å². The van der Waals surface area contributed by atoms with Crippen molar-refractivity contribution in [2.24, 2.45) is 5.73 Å². The van der Waals surface area contributed by atoms with Crippen molar-refractivity contribution in [2.45, 2.75) is 32.5 Å². The lowest BCUT2D eigenvalue weighted by Gasteiger charge is -2.12. The number of nitrogens with zero attached hydrogens (tertiary/aromatic N) is 4. The van der Waals surface area contributed by atoms with Crippen LogP contribution in [0.5, 0.6) is 0 Å². The average molecular weight is 269 g/mol. The Balaban J connectivity index is 1.70. The summed E-state index contributed by atoms with van der Waals surface area (Å²) in [5.41, 5.74) is 9.58. The molecule has 0 saturated heterocycles. The van der Waals surface area contributed by atoms with Gasteiger partial charge in [0, 0.05) is 25.3 Å². The maximum Gasteiger partial charge on any atom is 0.0958 e. The topological polar surface area (TPSA) is 61.7 Å². The molecular formula is C15H19N5. The van der Waals surface area contributed by atoms with Crippen LogP contribution in [0.3, 0.4) is 0 Å². The van der Waals surface area contributed by atoms with Gasteiger partial charge < -0.3 is 10.3 Å². The van der Waals surface area contributed by atoms with Crippen molar-refractivity contribution in [3.8, 4) is 0 Å². The fourth-order valence-electron chi connectivity index (χ4n) is 2.46. The third-order valence-electron chi connectivity index (χ3n) is 3.47. The molecule has 0 fully saturated rings. The number of rotatable bonds is 5. The first-order valence-corrected chi connectivity index (χ1v) is 6.93. The second-order valence-electron chi connectivity index (χ2n) is 5.05. The minimum Gasteiger partial charge on any atom is -0.329 e. The molecule has 0 aliphatic rings. The Morgan fingerprint density at radius 1 is 1.30 bits per heavy atom. The third kappa shape index (κ3) is 2.58. The molecule has 0 aliphatic heterocycles. The number of aryl methyl sites for hydroxylation is 1. The summed E-state index contributed by atoms with van der Waals surface area (Å²) in [4.78, 5) is 4.39. The molecular weight excluding hydrogens is 250 g/mol. The molecule has 2 aromatic heterocycles. The first-order chi connectivity index (χ1) is 9.76. The molecule has 0 bridgehead atoms. The van der Waals surface area contributed by atoms with Gasteiger partial charge in [0.15, 0.2) is 0 Å². The van der Waals surface area contributed by atoms with Gasteiger partial charge in [0.05, 0.1) is 23.6 Å². The van der Waals surface area contributed by atoms with Gasteiger partial charge >= 0.3 is 0 Å². The average Bonchev–Trinajstić information content (AvgIpc) is 3.06. The minimum absolute atomic E-state index is 0.0575. The molecule has 1 atom stereocenters. The Morgan fingerprint density at radius 2 is 2.15 bits per heavy atom. The Labute approximate surface area is 118 Å². The number of hydrogen-bond donors (Lipinski definition) is 1. The monoisotopic (exact) mass is 269 g/mol. The van der Waals surface area contributed by atoms with Crippen LogP contribution in [0.15, 0.2) is 43.0 Å². The summed E-state index contributed by atoms with van der Waals surface area (Å²) in [5.74, 6) is 0. The standard InChI is InChI=1S/C15H19N5/c1-2-20-9-12(8-18-20)7-13(16)10-19-11-17-14-5-3-4-6-15(14)19/h3-6,8-9,11,13H,2,7,10,16H2,1H3. The summed E-state index contributed by atoms with van der Waals surface area (Å²) in [6, 6.07) is 8.17. The van der Waals surface area contributed by atoms with E-state index in [4.69, 9.17) is 5.73 Å². The first-order valence-electron chi connectivity index (χ1n) is 6.93. The number of benzene rings is 1. The van der Waals surface area contributed by atoms with E-state index in [1.54, 1.807) is 0 Å². The molecule has 5 nitrogen and oxygen atoms in total. The summed E-state index contributed by atoms with van der Waals surface area (Å²) < 4.78 is 4.04. The van der Waals surface area contributed by atoms with Crippen LogP contribution in [0, 0.1) is 0 Å². The number of fused-ring (bicyclic) bond motifs is 1. The normalized spacial score (nSPS) is 12.9. The van der Waals surface area contributed by atoms with Gasteiger partial charge in [-0.3, -0.25) is 4.68 Å². The second-order valence-corrected chi connectivity index (χ2v) is 5.05. The SMILES string of the molecule is CCn1cc(CC(N)Cn2cnc3ccccc32)cn1. The third-order valence-corrected chi connectivity index (χ3v) is 3.47. The summed E-state index contributed by atoms with van der Waals surface area (Å²) in [6.07, 6.45) is 6.65. The van der Waals surface area contributed by atoms with E-state index >= 15 is 0 Å². The molecule has 1 aromatic carbocycles. The van der Waals surface area contributed by atoms with Gasteiger partial charge in [-0.25, -0.2) is 4.98 Å². The first kappa shape index (κ1) is 12.9. The molecule has 0 amide bonds. The molecule has 104 valence electrons. The highest BCUT2D eigenvalue weighted by molar-refractivity contribution is 5.74. The van der Waals surface area contributed by atoms with Crippen LogP contribution >= 0.6 is 0 Å². The van der Waals surface area contributed by atoms with Crippen LogP contribution < -0.4 is 5.73 Å². The molecule has 3 aromatic rings. The van der Waals surface area contributed by atoms with Gasteiger partial charge in [0.1, 0.15) is 0 Å². The van der Waals surface area contributed by atoms with Crippen LogP contribution in [0.1, 0.15) is 12.5 Å². The van der Waals surface area contributed by atoms with Gasteiger partial charge in [0.25, 0.3) is 0 Å². The van der Waals surface area contributed by atoms with E-state index in [1.807, 2.05) is 35.4 Å². The quantitative estimate of drug-likeness (QED) is 0.768. The predicted molar refractivity (Wildman–Crippen MR) is 79.3 cm³/mol. The molecule has 2 heterocycles. The van der Waals surface area contributed by atoms with E-state index in [2.05, 4.69) is 33.8 Å². The zero-order valence-electron chi connectivity index (χ0n) is 11.6. The molecule has 5 heteroatoms. The van der Waals surface area contributed by atoms with Crippen molar-refractivity contribution < 1.29 is 0 Å². The fraction of sp³-hybridized carbons (Fsp3) is 0.333. The van der Waals surface area contributed by atoms with Crippen LogP contribution in [0.2, 0.25) is 0 Å². The second kappa shape index (κ2) is 5.46. The number of aromatic nitrogens is 4. The Hall–Kier alpha value is -2.14. The maximum absolute atomic E-state index is 6.25. The number of imidazole rings is 1. The highest BCUT2D eigenvalue weighted by Crippen LogP contribution is 2.13. The lowest BCUT2D eigenvalue weighted by atomic mass is 10.1. The van der Waals surface area contributed by atoms with Crippen molar-refractivity contribution in [3.05, 3.63) is 48.5 Å². The molecule has 0 saturated carbocycles. The lowest BCUT2D eigenvalue weighted by molar-refractivity contribution is 0.558. The number of hydrogen-bond acceptors (Lipinski definition) is 3. The summed E-state index contributed by atoms with van der Waals surface area (Å²) in [7, 11) is 0. The van der Waals surface area contributed by atoms with E-state index < -0.39 is 0 Å². The zero-order chi connectivity index (χ0) is 13.9. The van der Waals surface area contributed by atoms with E-state index in [-0.39, 0.29) is 6.04 Å². The van der Waals surface area contributed by atoms with E-state index in [1.165, 1.54) is 5.56 Å². The molecule has 0 aliphatic carbocycles. The van der Waals surface area contributed by atoms with Gasteiger partial charge in [0.2, 0.25) is 0 Å². The van der Waals surface area contributed by atoms with Gasteiger partial charge in [-0.1, -0.05) is 12.1 Å². The smallest absolute Gasteiger partial charge is 0.0958 e. The Bertz CT molecular complexity index is 697. The van der Waals surface area contributed by atoms with Crippen LogP contribution in [0.4, 0.5) is 0 Å². The van der Waals surface area contributed by atoms with E-state index in [9.17, 15) is 0 Å². The maximum atomic E-state index is 6.25. The van der Waals surface area contributed by atoms with Gasteiger partial charge in [-0.2, -0.15) is 5.10 Å². The van der Waals surface area contributed by atoms with Gasteiger partial charge in [-0.15, -0.1) is 0 Å². The molecule has 2 N–H and O–H groups in total. The summed E-state index contributed by atoms with van der Waals surface area (Å²) in [6.45, 7) is 3.73. The molecule has 0 radical (unpaired) electrons. The Morgan fingerprint density at radius 3 is 2.95 bits per heavy atom. The highest BCUT2D eigenvalue weighted by Gasteiger charge is 2.09. The van der Waals surface area contributed by atoms with Crippen molar-refractivity contribution in [3.63, 3.8) is 0 Å². The predicted octanol–water partition coefficient (Wildman–Crippen LogP) is 1.82. The van der Waals surface area contributed by atoms with Crippen molar-refractivity contribution in [1.82, 2.24) is 19.3 Å².